The first-order valence-corrected chi connectivity index (χ1v) is 15.9. The highest BCUT2D eigenvalue weighted by Gasteiger charge is 2.42. The number of nitrogens with one attached hydrogen (secondary N) is 1. The minimum absolute atomic E-state index is 0.0239. The number of nitrogens with zero attached hydrogens (tertiary/aromatic N) is 1. The maximum atomic E-state index is 13.3. The number of halogens is 1. The van der Waals surface area contributed by atoms with Gasteiger partial charge in [0.2, 0.25) is 0 Å². The van der Waals surface area contributed by atoms with E-state index in [4.69, 9.17) is 21.1 Å². The van der Waals surface area contributed by atoms with Crippen molar-refractivity contribution < 1.29 is 14.0 Å². The second kappa shape index (κ2) is 12.7. The summed E-state index contributed by atoms with van der Waals surface area (Å²) in [4.78, 5) is 13.3. The summed E-state index contributed by atoms with van der Waals surface area (Å²) in [6, 6.07) is 23.6. The third-order valence-electron chi connectivity index (χ3n) is 7.98. The summed E-state index contributed by atoms with van der Waals surface area (Å²) in [6.07, 6.45) is 5.86. The fourth-order valence-electron chi connectivity index (χ4n) is 5.52. The molecule has 1 aromatic heterocycles. The van der Waals surface area contributed by atoms with Gasteiger partial charge in [0.25, 0.3) is 5.56 Å². The molecule has 1 unspecified atom stereocenters. The Morgan fingerprint density at radius 1 is 1.02 bits per heavy atom. The van der Waals surface area contributed by atoms with Crippen molar-refractivity contribution in [1.29, 1.82) is 0 Å². The fourth-order valence-corrected chi connectivity index (χ4v) is 6.70. The van der Waals surface area contributed by atoms with Crippen molar-refractivity contribution in [2.45, 2.75) is 75.8 Å². The van der Waals surface area contributed by atoms with E-state index in [1.165, 1.54) is 5.56 Å². The lowest BCUT2D eigenvalue weighted by molar-refractivity contribution is 0.111. The van der Waals surface area contributed by atoms with Crippen molar-refractivity contribution in [3.63, 3.8) is 0 Å². The van der Waals surface area contributed by atoms with Crippen LogP contribution in [0.2, 0.25) is 5.02 Å². The Balaban J connectivity index is 1.30. The first-order valence-electron chi connectivity index (χ1n) is 14.4. The lowest BCUT2D eigenvalue weighted by Crippen LogP contribution is -2.56. The Kier molecular flexibility index (Phi) is 9.23. The smallest absolute Gasteiger partial charge is 0.258 e. The summed E-state index contributed by atoms with van der Waals surface area (Å²) >= 11 is 5.50. The molecule has 0 spiro atoms. The molecular formula is C34H39ClN2O4S. The summed E-state index contributed by atoms with van der Waals surface area (Å²) in [5.74, 6) is 1.36. The average Bonchev–Trinajstić information content (AvgIpc) is 2.97. The van der Waals surface area contributed by atoms with E-state index in [1.807, 2.05) is 81.6 Å². The number of fused-ring (bicyclic) bond motifs is 1. The van der Waals surface area contributed by atoms with Gasteiger partial charge in [0.15, 0.2) is 0 Å². The van der Waals surface area contributed by atoms with Gasteiger partial charge in [-0.05, 0) is 99.7 Å². The van der Waals surface area contributed by atoms with E-state index < -0.39 is 11.4 Å². The van der Waals surface area contributed by atoms with Crippen LogP contribution in [0.15, 0.2) is 83.8 Å². The highest BCUT2D eigenvalue weighted by Crippen LogP contribution is 2.37. The molecule has 222 valence electrons. The van der Waals surface area contributed by atoms with E-state index in [0.29, 0.717) is 22.7 Å². The largest absolute Gasteiger partial charge is 0.598 e. The first-order chi connectivity index (χ1) is 20.0. The van der Waals surface area contributed by atoms with Crippen LogP contribution in [-0.2, 0) is 24.3 Å². The number of hydrogen-bond donors (Lipinski definition) is 1. The normalized spacial score (nSPS) is 19.9. The molecule has 0 radical (unpaired) electrons. The summed E-state index contributed by atoms with van der Waals surface area (Å²) in [6.45, 7) is 6.44. The molecule has 3 aromatic carbocycles. The van der Waals surface area contributed by atoms with E-state index >= 15 is 0 Å². The van der Waals surface area contributed by atoms with Gasteiger partial charge in [0, 0.05) is 22.9 Å². The second-order valence-corrected chi connectivity index (χ2v) is 14.6. The van der Waals surface area contributed by atoms with Gasteiger partial charge in [0.1, 0.15) is 16.2 Å². The van der Waals surface area contributed by atoms with E-state index in [1.54, 1.807) is 17.7 Å². The number of methoxy groups -OCH3 is 1. The Hall–Kier alpha value is -2.97. The highest BCUT2D eigenvalue weighted by atomic mass is 35.5. The monoisotopic (exact) mass is 606 g/mol. The van der Waals surface area contributed by atoms with Gasteiger partial charge in [-0.2, -0.15) is 0 Å². The molecule has 6 nitrogen and oxygen atoms in total. The minimum Gasteiger partial charge on any atom is -0.598 e. The van der Waals surface area contributed by atoms with E-state index in [-0.39, 0.29) is 21.9 Å². The first kappa shape index (κ1) is 30.5. The molecule has 1 aliphatic rings. The third-order valence-corrected chi connectivity index (χ3v) is 10.0. The van der Waals surface area contributed by atoms with Crippen LogP contribution in [-0.4, -0.2) is 32.6 Å². The SMILES string of the molecule is COc1ccc(Cn2ccc3cc(OC4CCC(Cc5ccccc5)(N[S+]([O-])C(C)(C)C)CC4)c(Cl)cc3c2=O)cc1. The second-order valence-electron chi connectivity index (χ2n) is 12.2. The molecule has 0 saturated heterocycles. The van der Waals surface area contributed by atoms with Gasteiger partial charge < -0.3 is 18.6 Å². The topological polar surface area (TPSA) is 75.6 Å². The van der Waals surface area contributed by atoms with Crippen LogP contribution >= 0.6 is 11.6 Å². The van der Waals surface area contributed by atoms with Crippen molar-refractivity contribution in [1.82, 2.24) is 9.29 Å². The van der Waals surface area contributed by atoms with Crippen LogP contribution in [0.3, 0.4) is 0 Å². The molecule has 1 atom stereocenters. The molecule has 1 heterocycles. The maximum absolute atomic E-state index is 13.3. The molecule has 42 heavy (non-hydrogen) atoms. The quantitative estimate of drug-likeness (QED) is 0.206. The zero-order valence-corrected chi connectivity index (χ0v) is 26.3. The van der Waals surface area contributed by atoms with Crippen molar-refractivity contribution in [3.8, 4) is 11.5 Å². The zero-order valence-electron chi connectivity index (χ0n) is 24.7. The Bertz CT molecular complexity index is 1560. The molecule has 1 fully saturated rings. The number of aromatic nitrogens is 1. The molecule has 0 amide bonds. The van der Waals surface area contributed by atoms with Gasteiger partial charge >= 0.3 is 0 Å². The summed E-state index contributed by atoms with van der Waals surface area (Å²) in [5.41, 5.74) is 1.86. The van der Waals surface area contributed by atoms with Crippen LogP contribution in [0.4, 0.5) is 0 Å². The summed E-state index contributed by atoms with van der Waals surface area (Å²) in [7, 11) is 1.63. The predicted molar refractivity (Wildman–Crippen MR) is 172 cm³/mol. The number of benzene rings is 3. The summed E-state index contributed by atoms with van der Waals surface area (Å²) in [5, 5.41) is 1.78. The molecule has 8 heteroatoms. The van der Waals surface area contributed by atoms with Crippen LogP contribution in [0.1, 0.15) is 57.6 Å². The minimum atomic E-state index is -1.18. The molecule has 0 bridgehead atoms. The Morgan fingerprint density at radius 2 is 1.71 bits per heavy atom. The lowest BCUT2D eigenvalue weighted by atomic mass is 9.77. The van der Waals surface area contributed by atoms with E-state index in [9.17, 15) is 9.35 Å². The van der Waals surface area contributed by atoms with Crippen molar-refractivity contribution in [2.75, 3.05) is 7.11 Å². The van der Waals surface area contributed by atoms with Crippen LogP contribution in [0.25, 0.3) is 10.8 Å². The van der Waals surface area contributed by atoms with Gasteiger partial charge in [0.05, 0.1) is 30.3 Å². The van der Waals surface area contributed by atoms with Crippen LogP contribution < -0.4 is 19.8 Å². The number of hydrogen-bond acceptors (Lipinski definition) is 5. The zero-order chi connectivity index (χ0) is 29.9. The van der Waals surface area contributed by atoms with Gasteiger partial charge in [-0.3, -0.25) is 4.79 Å². The van der Waals surface area contributed by atoms with Crippen molar-refractivity contribution >= 4 is 33.7 Å². The third kappa shape index (κ3) is 7.14. The van der Waals surface area contributed by atoms with E-state index in [2.05, 4.69) is 16.9 Å². The molecule has 1 N–H and O–H groups in total. The number of pyridine rings is 1. The van der Waals surface area contributed by atoms with Gasteiger partial charge in [-0.15, -0.1) is 4.72 Å². The number of rotatable bonds is 9. The van der Waals surface area contributed by atoms with Crippen LogP contribution in [0.5, 0.6) is 11.5 Å². The molecule has 4 aromatic rings. The molecule has 5 rings (SSSR count). The van der Waals surface area contributed by atoms with Gasteiger partial charge in [-0.25, -0.2) is 0 Å². The highest BCUT2D eigenvalue weighted by molar-refractivity contribution is 7.90. The maximum Gasteiger partial charge on any atom is 0.258 e. The average molecular weight is 607 g/mol. The molecule has 1 saturated carbocycles. The van der Waals surface area contributed by atoms with Gasteiger partial charge in [-0.1, -0.05) is 54.1 Å². The standard InChI is InChI=1S/C34H39ClN2O4S/c1-33(2,3)42(39)36-34(22-24-8-6-5-7-9-24)17-14-28(15-18-34)41-31-20-26-16-19-37(32(38)29(26)21-30(31)35)23-25-10-12-27(40-4)13-11-25/h5-13,16,19-21,28,36H,14-15,17-18,22-23H2,1-4H3. The lowest BCUT2D eigenvalue weighted by Gasteiger charge is -2.42. The predicted octanol–water partition coefficient (Wildman–Crippen LogP) is 7.07. The van der Waals surface area contributed by atoms with Crippen molar-refractivity contribution in [3.05, 3.63) is 105 Å². The fraction of sp³-hybridized carbons (Fsp3) is 0.382. The summed E-state index contributed by atoms with van der Waals surface area (Å²) < 4.78 is 29.7. The van der Waals surface area contributed by atoms with E-state index in [0.717, 1.165) is 48.8 Å². The molecule has 0 aliphatic heterocycles. The molecular weight excluding hydrogens is 568 g/mol. The number of ether oxygens (including phenoxy) is 2. The Morgan fingerprint density at radius 3 is 2.36 bits per heavy atom. The Labute approximate surface area is 256 Å². The van der Waals surface area contributed by atoms with Crippen molar-refractivity contribution in [2.24, 2.45) is 0 Å². The van der Waals surface area contributed by atoms with Crippen LogP contribution in [0, 0.1) is 0 Å². The molecule has 1 aliphatic carbocycles.